The van der Waals surface area contributed by atoms with Crippen molar-refractivity contribution < 1.29 is 9.26 Å². The molecule has 0 bridgehead atoms. The lowest BCUT2D eigenvalue weighted by Crippen LogP contribution is -2.40. The summed E-state index contributed by atoms with van der Waals surface area (Å²) in [5.41, 5.74) is -0.323. The molecular formula is C13H21N3O2. The molecule has 1 saturated heterocycles. The van der Waals surface area contributed by atoms with Crippen molar-refractivity contribution in [1.82, 2.24) is 15.5 Å². The molecule has 0 aromatic carbocycles. The van der Waals surface area contributed by atoms with Crippen molar-refractivity contribution in [3.05, 3.63) is 11.7 Å². The van der Waals surface area contributed by atoms with Crippen molar-refractivity contribution in [2.24, 2.45) is 5.92 Å². The third-order valence-corrected chi connectivity index (χ3v) is 4.33. The van der Waals surface area contributed by atoms with E-state index in [1.807, 2.05) is 0 Å². The van der Waals surface area contributed by atoms with E-state index in [1.165, 1.54) is 12.8 Å². The molecule has 5 heteroatoms. The van der Waals surface area contributed by atoms with Gasteiger partial charge in [-0.3, -0.25) is 0 Å². The van der Waals surface area contributed by atoms with Crippen LogP contribution in [0.15, 0.2) is 4.52 Å². The molecule has 100 valence electrons. The molecule has 0 amide bonds. The van der Waals surface area contributed by atoms with Crippen molar-refractivity contribution in [3.8, 4) is 0 Å². The van der Waals surface area contributed by atoms with Crippen LogP contribution >= 0.6 is 0 Å². The number of rotatable bonds is 3. The average molecular weight is 251 g/mol. The Bertz CT molecular complexity index is 416. The third kappa shape index (κ3) is 1.95. The Labute approximate surface area is 107 Å². The van der Waals surface area contributed by atoms with Gasteiger partial charge in [-0.05, 0) is 25.2 Å². The summed E-state index contributed by atoms with van der Waals surface area (Å²) in [5, 5.41) is 7.40. The molecular weight excluding hydrogens is 230 g/mol. The zero-order valence-electron chi connectivity index (χ0n) is 11.1. The van der Waals surface area contributed by atoms with Crippen LogP contribution in [-0.2, 0) is 10.3 Å². The Morgan fingerprint density at radius 3 is 2.89 bits per heavy atom. The van der Waals surface area contributed by atoms with Gasteiger partial charge in [0.25, 0.3) is 0 Å². The van der Waals surface area contributed by atoms with Crippen LogP contribution in [0.3, 0.4) is 0 Å². The molecule has 2 unspecified atom stereocenters. The predicted octanol–water partition coefficient (Wildman–Crippen LogP) is 1.81. The first-order valence-corrected chi connectivity index (χ1v) is 6.83. The van der Waals surface area contributed by atoms with E-state index < -0.39 is 0 Å². The van der Waals surface area contributed by atoms with Gasteiger partial charge in [-0.15, -0.1) is 0 Å². The first-order valence-electron chi connectivity index (χ1n) is 6.83. The van der Waals surface area contributed by atoms with Gasteiger partial charge in [0.15, 0.2) is 0 Å². The largest absolute Gasteiger partial charge is 0.370 e. The van der Waals surface area contributed by atoms with E-state index in [0.29, 0.717) is 11.8 Å². The van der Waals surface area contributed by atoms with Crippen molar-refractivity contribution in [3.63, 3.8) is 0 Å². The highest BCUT2D eigenvalue weighted by atomic mass is 16.5. The molecule has 18 heavy (non-hydrogen) atoms. The SMILES string of the molecule is COC1(c2noc(C3CNC3)n2)CCCC(C)C1. The Morgan fingerprint density at radius 1 is 1.44 bits per heavy atom. The molecule has 1 aromatic heterocycles. The van der Waals surface area contributed by atoms with Gasteiger partial charge in [-0.1, -0.05) is 18.5 Å². The summed E-state index contributed by atoms with van der Waals surface area (Å²) >= 11 is 0. The molecule has 1 aromatic rings. The van der Waals surface area contributed by atoms with Gasteiger partial charge in [0.2, 0.25) is 11.7 Å². The van der Waals surface area contributed by atoms with Crippen molar-refractivity contribution >= 4 is 0 Å². The minimum Gasteiger partial charge on any atom is -0.370 e. The van der Waals surface area contributed by atoms with Crippen LogP contribution in [0.5, 0.6) is 0 Å². The maximum absolute atomic E-state index is 5.78. The van der Waals surface area contributed by atoms with Gasteiger partial charge in [-0.2, -0.15) is 4.98 Å². The lowest BCUT2D eigenvalue weighted by molar-refractivity contribution is -0.0658. The normalized spacial score (nSPS) is 33.3. The van der Waals surface area contributed by atoms with Gasteiger partial charge in [0.05, 0.1) is 5.92 Å². The molecule has 1 aliphatic carbocycles. The fourth-order valence-electron chi connectivity index (χ4n) is 3.03. The monoisotopic (exact) mass is 251 g/mol. The highest BCUT2D eigenvalue weighted by Gasteiger charge is 2.41. The molecule has 2 atom stereocenters. The van der Waals surface area contributed by atoms with Crippen molar-refractivity contribution in [2.45, 2.75) is 44.1 Å². The van der Waals surface area contributed by atoms with E-state index in [1.54, 1.807) is 7.11 Å². The number of ether oxygens (including phenoxy) is 1. The average Bonchev–Trinajstić information content (AvgIpc) is 2.76. The Hall–Kier alpha value is -0.940. The Balaban J connectivity index is 1.83. The predicted molar refractivity (Wildman–Crippen MR) is 66.2 cm³/mol. The summed E-state index contributed by atoms with van der Waals surface area (Å²) in [7, 11) is 1.76. The molecule has 5 nitrogen and oxygen atoms in total. The van der Waals surface area contributed by atoms with E-state index in [-0.39, 0.29) is 5.60 Å². The summed E-state index contributed by atoms with van der Waals surface area (Å²) in [5.74, 6) is 2.56. The van der Waals surface area contributed by atoms with Crippen molar-refractivity contribution in [2.75, 3.05) is 20.2 Å². The van der Waals surface area contributed by atoms with E-state index in [9.17, 15) is 0 Å². The number of nitrogens with zero attached hydrogens (tertiary/aromatic N) is 2. The van der Waals surface area contributed by atoms with Crippen LogP contribution in [0, 0.1) is 5.92 Å². The highest BCUT2D eigenvalue weighted by molar-refractivity contribution is 5.08. The Kier molecular flexibility index (Phi) is 3.11. The lowest BCUT2D eigenvalue weighted by Gasteiger charge is -2.36. The lowest BCUT2D eigenvalue weighted by atomic mass is 9.78. The first-order chi connectivity index (χ1) is 8.73. The molecule has 2 fully saturated rings. The number of methoxy groups -OCH3 is 1. The minimum atomic E-state index is -0.323. The molecule has 1 aliphatic heterocycles. The third-order valence-electron chi connectivity index (χ3n) is 4.33. The first kappa shape index (κ1) is 12.1. The van der Waals surface area contributed by atoms with Gasteiger partial charge in [-0.25, -0.2) is 0 Å². The van der Waals surface area contributed by atoms with Crippen LogP contribution in [0.2, 0.25) is 0 Å². The minimum absolute atomic E-state index is 0.323. The summed E-state index contributed by atoms with van der Waals surface area (Å²) in [6, 6.07) is 0. The maximum atomic E-state index is 5.78. The molecule has 0 radical (unpaired) electrons. The van der Waals surface area contributed by atoms with E-state index >= 15 is 0 Å². The summed E-state index contributed by atoms with van der Waals surface area (Å²) in [6.07, 6.45) is 4.42. The molecule has 2 heterocycles. The second kappa shape index (κ2) is 4.63. The van der Waals surface area contributed by atoms with E-state index in [0.717, 1.165) is 37.6 Å². The molecule has 2 aliphatic rings. The fourth-order valence-corrected chi connectivity index (χ4v) is 3.03. The van der Waals surface area contributed by atoms with Crippen LogP contribution in [0.25, 0.3) is 0 Å². The maximum Gasteiger partial charge on any atom is 0.232 e. The zero-order chi connectivity index (χ0) is 12.6. The molecule has 3 rings (SSSR count). The zero-order valence-corrected chi connectivity index (χ0v) is 11.1. The molecule has 1 saturated carbocycles. The topological polar surface area (TPSA) is 60.2 Å². The smallest absolute Gasteiger partial charge is 0.232 e. The quantitative estimate of drug-likeness (QED) is 0.887. The molecule has 0 spiro atoms. The summed E-state index contributed by atoms with van der Waals surface area (Å²) < 4.78 is 11.2. The molecule has 1 N–H and O–H groups in total. The van der Waals surface area contributed by atoms with Crippen LogP contribution in [-0.4, -0.2) is 30.3 Å². The van der Waals surface area contributed by atoms with Crippen molar-refractivity contribution in [1.29, 1.82) is 0 Å². The van der Waals surface area contributed by atoms with Gasteiger partial charge in [0.1, 0.15) is 5.60 Å². The van der Waals surface area contributed by atoms with Crippen LogP contribution in [0.4, 0.5) is 0 Å². The number of aromatic nitrogens is 2. The highest BCUT2D eigenvalue weighted by Crippen LogP contribution is 2.41. The second-order valence-corrected chi connectivity index (χ2v) is 5.71. The number of hydrogen-bond donors (Lipinski definition) is 1. The summed E-state index contributed by atoms with van der Waals surface area (Å²) in [6.45, 7) is 4.15. The Morgan fingerprint density at radius 2 is 2.28 bits per heavy atom. The van der Waals surface area contributed by atoms with E-state index in [4.69, 9.17) is 9.26 Å². The summed E-state index contributed by atoms with van der Waals surface area (Å²) in [4.78, 5) is 4.59. The second-order valence-electron chi connectivity index (χ2n) is 5.71. The van der Waals surface area contributed by atoms with Crippen LogP contribution in [0.1, 0.15) is 50.2 Å². The van der Waals surface area contributed by atoms with Gasteiger partial charge >= 0.3 is 0 Å². The van der Waals surface area contributed by atoms with Gasteiger partial charge < -0.3 is 14.6 Å². The fraction of sp³-hybridized carbons (Fsp3) is 0.846. The van der Waals surface area contributed by atoms with Gasteiger partial charge in [0, 0.05) is 20.2 Å². The van der Waals surface area contributed by atoms with Crippen LogP contribution < -0.4 is 5.32 Å². The standard InChI is InChI=1S/C13H21N3O2/c1-9-4-3-5-13(6-9,17-2)12-15-11(18-16-12)10-7-14-8-10/h9-10,14H,3-8H2,1-2H3. The number of nitrogens with one attached hydrogen (secondary N) is 1. The van der Waals surface area contributed by atoms with E-state index in [2.05, 4.69) is 22.4 Å². The number of hydrogen-bond acceptors (Lipinski definition) is 5.